The van der Waals surface area contributed by atoms with Gasteiger partial charge in [0.05, 0.1) is 0 Å². The summed E-state index contributed by atoms with van der Waals surface area (Å²) in [5.41, 5.74) is 5.07. The standard InChI is InChI=1S/C10H18N4O3/c1-10(13-14-10)7-8(17-7)12-5-3-2-4-6(11)9(15)16/h6-8,12H,2-5,11H2,1H3,(H,15,16). The van der Waals surface area contributed by atoms with Crippen LogP contribution in [0, 0.1) is 0 Å². The lowest BCUT2D eigenvalue weighted by molar-refractivity contribution is -0.138. The van der Waals surface area contributed by atoms with Crippen LogP contribution in [-0.4, -0.2) is 41.7 Å². The highest BCUT2D eigenvalue weighted by molar-refractivity contribution is 5.72. The number of nitrogens with two attached hydrogens (primary N) is 1. The summed E-state index contributed by atoms with van der Waals surface area (Å²) in [6.07, 6.45) is 2.31. The van der Waals surface area contributed by atoms with Crippen molar-refractivity contribution in [1.29, 1.82) is 0 Å². The van der Waals surface area contributed by atoms with E-state index in [1.54, 1.807) is 0 Å². The first-order chi connectivity index (χ1) is 8.03. The zero-order valence-corrected chi connectivity index (χ0v) is 9.80. The highest BCUT2D eigenvalue weighted by Crippen LogP contribution is 2.42. The van der Waals surface area contributed by atoms with Crippen molar-refractivity contribution >= 4 is 5.97 Å². The van der Waals surface area contributed by atoms with Crippen molar-refractivity contribution in [2.75, 3.05) is 6.54 Å². The van der Waals surface area contributed by atoms with Crippen molar-refractivity contribution in [3.8, 4) is 0 Å². The molecule has 17 heavy (non-hydrogen) atoms. The Morgan fingerprint density at radius 1 is 1.59 bits per heavy atom. The number of hydrogen-bond donors (Lipinski definition) is 3. The molecule has 0 saturated carbocycles. The van der Waals surface area contributed by atoms with Crippen LogP contribution in [-0.2, 0) is 9.53 Å². The third-order valence-corrected chi connectivity index (χ3v) is 3.05. The van der Waals surface area contributed by atoms with Gasteiger partial charge in [-0.15, -0.1) is 0 Å². The zero-order valence-electron chi connectivity index (χ0n) is 9.80. The van der Waals surface area contributed by atoms with Gasteiger partial charge in [-0.25, -0.2) is 0 Å². The van der Waals surface area contributed by atoms with E-state index in [-0.39, 0.29) is 18.0 Å². The maximum atomic E-state index is 10.5. The summed E-state index contributed by atoms with van der Waals surface area (Å²) in [5, 5.41) is 19.6. The Morgan fingerprint density at radius 2 is 2.29 bits per heavy atom. The number of nitrogens with one attached hydrogen (secondary N) is 1. The summed E-state index contributed by atoms with van der Waals surface area (Å²) in [5.74, 6) is -0.937. The van der Waals surface area contributed by atoms with E-state index in [9.17, 15) is 4.79 Å². The lowest BCUT2D eigenvalue weighted by Crippen LogP contribution is -2.30. The minimum Gasteiger partial charge on any atom is -0.480 e. The summed E-state index contributed by atoms with van der Waals surface area (Å²) in [4.78, 5) is 10.5. The van der Waals surface area contributed by atoms with Gasteiger partial charge in [0.25, 0.3) is 0 Å². The molecule has 0 bridgehead atoms. The molecule has 0 aliphatic carbocycles. The van der Waals surface area contributed by atoms with Crippen LogP contribution in [0.2, 0.25) is 0 Å². The summed E-state index contributed by atoms with van der Waals surface area (Å²) in [7, 11) is 0. The van der Waals surface area contributed by atoms with Crippen LogP contribution < -0.4 is 11.1 Å². The molecule has 2 heterocycles. The van der Waals surface area contributed by atoms with Gasteiger partial charge in [0.15, 0.2) is 0 Å². The van der Waals surface area contributed by atoms with Crippen molar-refractivity contribution in [3.05, 3.63) is 0 Å². The normalized spacial score (nSPS) is 30.0. The van der Waals surface area contributed by atoms with Gasteiger partial charge in [-0.05, 0) is 26.3 Å². The SMILES string of the molecule is CC1(C2OC2NCCCCC(N)C(=O)O)N=N1. The maximum absolute atomic E-state index is 10.5. The van der Waals surface area contributed by atoms with E-state index in [1.807, 2.05) is 6.92 Å². The van der Waals surface area contributed by atoms with Gasteiger partial charge in [0.2, 0.25) is 5.66 Å². The second kappa shape index (κ2) is 4.67. The fourth-order valence-electron chi connectivity index (χ4n) is 1.73. The van der Waals surface area contributed by atoms with Crippen LogP contribution in [0.15, 0.2) is 10.2 Å². The third-order valence-electron chi connectivity index (χ3n) is 3.05. The van der Waals surface area contributed by atoms with Crippen LogP contribution in [0.3, 0.4) is 0 Å². The molecular weight excluding hydrogens is 224 g/mol. The van der Waals surface area contributed by atoms with Gasteiger partial charge in [0.1, 0.15) is 18.4 Å². The second-order valence-corrected chi connectivity index (χ2v) is 4.67. The van der Waals surface area contributed by atoms with Crippen LogP contribution in [0.25, 0.3) is 0 Å². The number of epoxide rings is 1. The number of unbranched alkanes of at least 4 members (excludes halogenated alkanes) is 1. The molecule has 0 radical (unpaired) electrons. The molecule has 96 valence electrons. The molecule has 3 unspecified atom stereocenters. The molecular formula is C10H18N4O3. The van der Waals surface area contributed by atoms with Gasteiger partial charge >= 0.3 is 5.97 Å². The van der Waals surface area contributed by atoms with Gasteiger partial charge in [0, 0.05) is 0 Å². The number of nitrogens with zero attached hydrogens (tertiary/aromatic N) is 2. The molecule has 2 rings (SSSR count). The Bertz CT molecular complexity index is 328. The van der Waals surface area contributed by atoms with E-state index in [4.69, 9.17) is 15.6 Å². The Morgan fingerprint density at radius 3 is 2.88 bits per heavy atom. The van der Waals surface area contributed by atoms with E-state index in [2.05, 4.69) is 15.5 Å². The van der Waals surface area contributed by atoms with E-state index in [1.165, 1.54) is 0 Å². The molecule has 3 atom stereocenters. The molecule has 1 saturated heterocycles. The summed E-state index contributed by atoms with van der Waals surface area (Å²) in [6.45, 7) is 2.73. The maximum Gasteiger partial charge on any atom is 0.320 e. The van der Waals surface area contributed by atoms with Crippen LogP contribution in [0.1, 0.15) is 26.2 Å². The number of carboxylic acid groups (broad SMARTS) is 1. The smallest absolute Gasteiger partial charge is 0.320 e. The number of hydrogen-bond acceptors (Lipinski definition) is 6. The average molecular weight is 242 g/mol. The Hall–Kier alpha value is -1.05. The molecule has 0 aromatic carbocycles. The second-order valence-electron chi connectivity index (χ2n) is 4.67. The van der Waals surface area contributed by atoms with Crippen molar-refractivity contribution in [2.45, 2.75) is 50.2 Å². The molecule has 4 N–H and O–H groups in total. The number of carbonyl (C=O) groups is 1. The van der Waals surface area contributed by atoms with Gasteiger partial charge in [-0.1, -0.05) is 6.42 Å². The molecule has 0 aromatic heterocycles. The first-order valence-electron chi connectivity index (χ1n) is 5.84. The number of carboxylic acids is 1. The van der Waals surface area contributed by atoms with Gasteiger partial charge in [-0.2, -0.15) is 10.2 Å². The van der Waals surface area contributed by atoms with E-state index >= 15 is 0 Å². The molecule has 2 aliphatic rings. The zero-order chi connectivity index (χ0) is 12.5. The highest BCUT2D eigenvalue weighted by Gasteiger charge is 2.58. The lowest BCUT2D eigenvalue weighted by atomic mass is 10.1. The molecule has 7 heteroatoms. The van der Waals surface area contributed by atoms with Gasteiger partial charge < -0.3 is 15.6 Å². The summed E-state index contributed by atoms with van der Waals surface area (Å²) >= 11 is 0. The number of ether oxygens (including phenoxy) is 1. The first kappa shape index (κ1) is 12.4. The minimum atomic E-state index is -0.937. The van der Waals surface area contributed by atoms with Crippen molar-refractivity contribution in [2.24, 2.45) is 16.0 Å². The Balaban J connectivity index is 1.47. The fourth-order valence-corrected chi connectivity index (χ4v) is 1.73. The molecule has 0 aromatic rings. The van der Waals surface area contributed by atoms with Crippen LogP contribution in [0.4, 0.5) is 0 Å². The van der Waals surface area contributed by atoms with E-state index in [0.717, 1.165) is 19.4 Å². The third kappa shape index (κ3) is 3.21. The Kier molecular flexibility index (Phi) is 3.41. The summed E-state index contributed by atoms with van der Waals surface area (Å²) in [6, 6.07) is -0.747. The number of aliphatic carboxylic acids is 1. The minimum absolute atomic E-state index is 0.0446. The van der Waals surface area contributed by atoms with E-state index in [0.29, 0.717) is 6.42 Å². The fraction of sp³-hybridized carbons (Fsp3) is 0.900. The van der Waals surface area contributed by atoms with Crippen LogP contribution in [0.5, 0.6) is 0 Å². The topological polar surface area (TPSA) is 113 Å². The van der Waals surface area contributed by atoms with Crippen molar-refractivity contribution in [1.82, 2.24) is 5.32 Å². The van der Waals surface area contributed by atoms with Gasteiger partial charge in [-0.3, -0.25) is 10.1 Å². The summed E-state index contributed by atoms with van der Waals surface area (Å²) < 4.78 is 5.39. The van der Waals surface area contributed by atoms with Crippen molar-refractivity contribution < 1.29 is 14.6 Å². The Labute approximate surface area is 99.4 Å². The monoisotopic (exact) mass is 242 g/mol. The van der Waals surface area contributed by atoms with Crippen molar-refractivity contribution in [3.63, 3.8) is 0 Å². The van der Waals surface area contributed by atoms with Crippen LogP contribution >= 0.6 is 0 Å². The molecule has 0 amide bonds. The first-order valence-corrected chi connectivity index (χ1v) is 5.84. The molecule has 0 spiro atoms. The lowest BCUT2D eigenvalue weighted by Gasteiger charge is -2.06. The molecule has 1 fully saturated rings. The highest BCUT2D eigenvalue weighted by atomic mass is 16.6. The largest absolute Gasteiger partial charge is 0.480 e. The molecule has 2 aliphatic heterocycles. The average Bonchev–Trinajstić information content (AvgIpc) is 3.14. The molecule has 7 nitrogen and oxygen atoms in total. The number of rotatable bonds is 8. The quantitative estimate of drug-likeness (QED) is 0.411. The predicted molar refractivity (Wildman–Crippen MR) is 59.4 cm³/mol. The van der Waals surface area contributed by atoms with E-state index < -0.39 is 12.0 Å². The predicted octanol–water partition coefficient (Wildman–Crippen LogP) is 0.0651.